The molecule has 0 aliphatic rings. The summed E-state index contributed by atoms with van der Waals surface area (Å²) in [5.74, 6) is 0.573. The summed E-state index contributed by atoms with van der Waals surface area (Å²) < 4.78 is 5.15. The Balaban J connectivity index is 1.70. The van der Waals surface area contributed by atoms with Crippen LogP contribution in [-0.4, -0.2) is 18.0 Å². The number of nitrogens with one attached hydrogen (secondary N) is 2. The van der Waals surface area contributed by atoms with Gasteiger partial charge in [0.15, 0.2) is 0 Å². The molecule has 3 aromatic rings. The predicted octanol–water partition coefficient (Wildman–Crippen LogP) is 2.70. The van der Waals surface area contributed by atoms with Gasteiger partial charge in [0, 0.05) is 17.6 Å². The van der Waals surface area contributed by atoms with E-state index in [0.717, 1.165) is 22.0 Å². The van der Waals surface area contributed by atoms with Crippen molar-refractivity contribution in [3.8, 4) is 5.75 Å². The van der Waals surface area contributed by atoms with Gasteiger partial charge in [0.2, 0.25) is 5.91 Å². The monoisotopic (exact) mass is 336 g/mol. The van der Waals surface area contributed by atoms with E-state index in [1.54, 1.807) is 7.11 Å². The number of H-pyrrole nitrogens is 1. The van der Waals surface area contributed by atoms with Gasteiger partial charge in [-0.05, 0) is 48.2 Å². The minimum atomic E-state index is -0.182. The standard InChI is InChI=1S/C20H20N2O3/c1-13-6-7-18-15(8-13)11-16(20(24)22-18)12-21-19(23)10-14-4-3-5-17(9-14)25-2/h3-9,11H,10,12H2,1-2H3,(H,21,23)(H,22,24). The summed E-state index contributed by atoms with van der Waals surface area (Å²) in [6.45, 7) is 2.20. The summed E-state index contributed by atoms with van der Waals surface area (Å²) in [6, 6.07) is 15.0. The lowest BCUT2D eigenvalue weighted by Gasteiger charge is -2.08. The van der Waals surface area contributed by atoms with Gasteiger partial charge in [-0.2, -0.15) is 0 Å². The largest absolute Gasteiger partial charge is 0.497 e. The molecular formula is C20H20N2O3. The summed E-state index contributed by atoms with van der Waals surface area (Å²) in [5, 5.41) is 3.76. The fourth-order valence-electron chi connectivity index (χ4n) is 2.73. The average Bonchev–Trinajstić information content (AvgIpc) is 2.60. The van der Waals surface area contributed by atoms with E-state index in [2.05, 4.69) is 10.3 Å². The van der Waals surface area contributed by atoms with Crippen molar-refractivity contribution in [3.05, 3.63) is 75.6 Å². The molecule has 0 aliphatic carbocycles. The van der Waals surface area contributed by atoms with Gasteiger partial charge in [0.1, 0.15) is 5.75 Å². The topological polar surface area (TPSA) is 71.2 Å². The van der Waals surface area contributed by atoms with Crippen LogP contribution in [0.15, 0.2) is 53.3 Å². The molecule has 0 fully saturated rings. The second-order valence-corrected chi connectivity index (χ2v) is 6.02. The molecule has 1 aromatic heterocycles. The number of aromatic nitrogens is 1. The van der Waals surface area contributed by atoms with Crippen LogP contribution in [0, 0.1) is 6.92 Å². The fourth-order valence-corrected chi connectivity index (χ4v) is 2.73. The Labute approximate surface area is 145 Å². The maximum absolute atomic E-state index is 12.2. The van der Waals surface area contributed by atoms with Gasteiger partial charge in [-0.3, -0.25) is 9.59 Å². The molecule has 0 spiro atoms. The Morgan fingerprint density at radius 2 is 2.00 bits per heavy atom. The molecule has 0 unspecified atom stereocenters. The summed E-state index contributed by atoms with van der Waals surface area (Å²) in [7, 11) is 1.59. The Morgan fingerprint density at radius 3 is 2.80 bits per heavy atom. The average molecular weight is 336 g/mol. The zero-order valence-corrected chi connectivity index (χ0v) is 14.3. The summed E-state index contributed by atoms with van der Waals surface area (Å²) in [6.07, 6.45) is 0.238. The van der Waals surface area contributed by atoms with Gasteiger partial charge in [-0.25, -0.2) is 0 Å². The lowest BCUT2D eigenvalue weighted by molar-refractivity contribution is -0.120. The number of carbonyl (C=O) groups is 1. The van der Waals surface area contributed by atoms with Crippen LogP contribution in [0.1, 0.15) is 16.7 Å². The molecular weight excluding hydrogens is 316 g/mol. The number of hydrogen-bond acceptors (Lipinski definition) is 3. The highest BCUT2D eigenvalue weighted by atomic mass is 16.5. The maximum Gasteiger partial charge on any atom is 0.253 e. The lowest BCUT2D eigenvalue weighted by Crippen LogP contribution is -2.28. The van der Waals surface area contributed by atoms with Crippen molar-refractivity contribution < 1.29 is 9.53 Å². The molecule has 0 atom stereocenters. The third kappa shape index (κ3) is 4.07. The van der Waals surface area contributed by atoms with Gasteiger partial charge < -0.3 is 15.0 Å². The highest BCUT2D eigenvalue weighted by Crippen LogP contribution is 2.14. The normalized spacial score (nSPS) is 10.6. The van der Waals surface area contributed by atoms with Gasteiger partial charge in [-0.1, -0.05) is 23.8 Å². The molecule has 128 valence electrons. The Hall–Kier alpha value is -3.08. The first-order chi connectivity index (χ1) is 12.0. The number of hydrogen-bond donors (Lipinski definition) is 2. The Kier molecular flexibility index (Phi) is 4.84. The van der Waals surface area contributed by atoms with Crippen LogP contribution in [0.25, 0.3) is 10.9 Å². The number of benzene rings is 2. The first-order valence-corrected chi connectivity index (χ1v) is 8.07. The van der Waals surface area contributed by atoms with Crippen LogP contribution < -0.4 is 15.6 Å². The van der Waals surface area contributed by atoms with Crippen LogP contribution in [0.4, 0.5) is 0 Å². The molecule has 25 heavy (non-hydrogen) atoms. The molecule has 0 saturated carbocycles. The van der Waals surface area contributed by atoms with E-state index in [0.29, 0.717) is 11.3 Å². The Bertz CT molecular complexity index is 976. The van der Waals surface area contributed by atoms with Crippen molar-refractivity contribution in [2.24, 2.45) is 0 Å². The van der Waals surface area contributed by atoms with E-state index in [9.17, 15) is 9.59 Å². The quantitative estimate of drug-likeness (QED) is 0.752. The molecule has 0 radical (unpaired) electrons. The summed E-state index contributed by atoms with van der Waals surface area (Å²) >= 11 is 0. The van der Waals surface area contributed by atoms with Crippen LogP contribution in [0.3, 0.4) is 0 Å². The highest BCUT2D eigenvalue weighted by Gasteiger charge is 2.07. The van der Waals surface area contributed by atoms with Gasteiger partial charge in [0.25, 0.3) is 5.56 Å². The van der Waals surface area contributed by atoms with E-state index >= 15 is 0 Å². The molecule has 5 nitrogen and oxygen atoms in total. The molecule has 0 saturated heterocycles. The second kappa shape index (κ2) is 7.21. The SMILES string of the molecule is COc1cccc(CC(=O)NCc2cc3cc(C)ccc3[nH]c2=O)c1. The summed E-state index contributed by atoms with van der Waals surface area (Å²) in [5.41, 5.74) is 3.13. The van der Waals surface area contributed by atoms with Gasteiger partial charge >= 0.3 is 0 Å². The molecule has 1 heterocycles. The van der Waals surface area contributed by atoms with Crippen molar-refractivity contribution in [1.29, 1.82) is 0 Å². The third-order valence-corrected chi connectivity index (χ3v) is 4.05. The number of aromatic amines is 1. The number of amides is 1. The number of aryl methyl sites for hydroxylation is 1. The molecule has 2 aromatic carbocycles. The van der Waals surface area contributed by atoms with Crippen LogP contribution in [0.5, 0.6) is 5.75 Å². The lowest BCUT2D eigenvalue weighted by atomic mass is 10.1. The van der Waals surface area contributed by atoms with Crippen LogP contribution >= 0.6 is 0 Å². The first kappa shape index (κ1) is 16.8. The number of rotatable bonds is 5. The number of pyridine rings is 1. The summed E-state index contributed by atoms with van der Waals surface area (Å²) in [4.78, 5) is 27.1. The minimum Gasteiger partial charge on any atom is -0.497 e. The number of methoxy groups -OCH3 is 1. The van der Waals surface area contributed by atoms with Crippen molar-refractivity contribution in [1.82, 2.24) is 10.3 Å². The molecule has 1 amide bonds. The van der Waals surface area contributed by atoms with E-state index in [4.69, 9.17) is 4.74 Å². The zero-order chi connectivity index (χ0) is 17.8. The number of ether oxygens (including phenoxy) is 1. The highest BCUT2D eigenvalue weighted by molar-refractivity contribution is 5.80. The van der Waals surface area contributed by atoms with Crippen molar-refractivity contribution in [2.45, 2.75) is 19.9 Å². The number of fused-ring (bicyclic) bond motifs is 1. The maximum atomic E-state index is 12.2. The molecule has 5 heteroatoms. The zero-order valence-electron chi connectivity index (χ0n) is 14.3. The van der Waals surface area contributed by atoms with Crippen molar-refractivity contribution in [3.63, 3.8) is 0 Å². The van der Waals surface area contributed by atoms with Gasteiger partial charge in [0.05, 0.1) is 13.5 Å². The molecule has 2 N–H and O–H groups in total. The fraction of sp³-hybridized carbons (Fsp3) is 0.200. The van der Waals surface area contributed by atoms with E-state index in [-0.39, 0.29) is 24.4 Å². The first-order valence-electron chi connectivity index (χ1n) is 8.07. The van der Waals surface area contributed by atoms with E-state index in [1.165, 1.54) is 0 Å². The molecule has 0 aliphatic heterocycles. The molecule has 3 rings (SSSR count). The van der Waals surface area contributed by atoms with Crippen molar-refractivity contribution in [2.75, 3.05) is 7.11 Å². The second-order valence-electron chi connectivity index (χ2n) is 6.02. The third-order valence-electron chi connectivity index (χ3n) is 4.05. The molecule has 0 bridgehead atoms. The minimum absolute atomic E-state index is 0.142. The smallest absolute Gasteiger partial charge is 0.253 e. The van der Waals surface area contributed by atoms with E-state index in [1.807, 2.05) is 55.5 Å². The van der Waals surface area contributed by atoms with Crippen LogP contribution in [-0.2, 0) is 17.8 Å². The van der Waals surface area contributed by atoms with Gasteiger partial charge in [-0.15, -0.1) is 0 Å². The van der Waals surface area contributed by atoms with Crippen LogP contribution in [0.2, 0.25) is 0 Å². The van der Waals surface area contributed by atoms with E-state index < -0.39 is 0 Å². The van der Waals surface area contributed by atoms with Crippen molar-refractivity contribution >= 4 is 16.8 Å². The predicted molar refractivity (Wildman–Crippen MR) is 97.9 cm³/mol. The number of carbonyl (C=O) groups excluding carboxylic acids is 1. The Morgan fingerprint density at radius 1 is 1.16 bits per heavy atom.